The van der Waals surface area contributed by atoms with Gasteiger partial charge in [-0.3, -0.25) is 0 Å². The van der Waals surface area contributed by atoms with Crippen LogP contribution in [0.3, 0.4) is 0 Å². The van der Waals surface area contributed by atoms with Gasteiger partial charge in [-0.2, -0.15) is 0 Å². The van der Waals surface area contributed by atoms with Gasteiger partial charge in [0, 0.05) is 13.1 Å². The molecule has 4 N–H and O–H groups in total. The molecule has 16 nitrogen and oxygen atoms in total. The predicted molar refractivity (Wildman–Crippen MR) is 342 cm³/mol. The van der Waals surface area contributed by atoms with Crippen molar-refractivity contribution in [2.45, 2.75) is 127 Å². The summed E-state index contributed by atoms with van der Waals surface area (Å²) in [5, 5.41) is 12.2. The zero-order chi connectivity index (χ0) is 61.6. The molecule has 90 heavy (non-hydrogen) atoms. The first-order valence-corrected chi connectivity index (χ1v) is 31.0. The van der Waals surface area contributed by atoms with Crippen molar-refractivity contribution in [1.82, 2.24) is 21.3 Å². The van der Waals surface area contributed by atoms with Gasteiger partial charge in [-0.15, -0.1) is 0 Å². The van der Waals surface area contributed by atoms with Gasteiger partial charge in [0.1, 0.15) is 48.8 Å². The zero-order valence-electron chi connectivity index (χ0n) is 50.7. The smallest absolute Gasteiger partial charge is 0.316 e. The molecule has 10 rings (SSSR count). The molecule has 0 aliphatic carbocycles. The molecule has 2 heterocycles. The second kappa shape index (κ2) is 35.9. The van der Waals surface area contributed by atoms with Crippen LogP contribution >= 0.6 is 0 Å². The van der Waals surface area contributed by atoms with Gasteiger partial charge in [-0.05, 0) is 57.3 Å². The Bertz CT molecular complexity index is 3040. The topological polar surface area (TPSA) is 175 Å². The first-order chi connectivity index (χ1) is 44.5. The lowest BCUT2D eigenvalue weighted by Crippen LogP contribution is -2.66. The largest absolute Gasteiger partial charge is 0.374 e. The van der Waals surface area contributed by atoms with E-state index in [0.717, 1.165) is 44.5 Å². The molecule has 0 bridgehead atoms. The highest BCUT2D eigenvalue weighted by Gasteiger charge is 2.51. The number of amides is 4. The third-order valence-corrected chi connectivity index (χ3v) is 15.5. The lowest BCUT2D eigenvalue weighted by atomic mass is 9.97. The van der Waals surface area contributed by atoms with Crippen molar-refractivity contribution in [3.05, 3.63) is 287 Å². The van der Waals surface area contributed by atoms with Gasteiger partial charge in [-0.1, -0.05) is 243 Å². The summed E-state index contributed by atoms with van der Waals surface area (Å²) in [6, 6.07) is 78.3. The average molecular weight is 1220 g/mol. The molecule has 2 fully saturated rings. The molecule has 10 atom stereocenters. The summed E-state index contributed by atoms with van der Waals surface area (Å²) >= 11 is 0. The normalized spacial score (nSPS) is 21.4. The number of hydrogen-bond donors (Lipinski definition) is 4. The summed E-state index contributed by atoms with van der Waals surface area (Å²) in [5.41, 5.74) is 7.75. The second-order valence-corrected chi connectivity index (χ2v) is 22.3. The fraction of sp³-hybridized carbons (Fsp3) is 0.324. The third kappa shape index (κ3) is 20.7. The highest BCUT2D eigenvalue weighted by Crippen LogP contribution is 2.33. The lowest BCUT2D eigenvalue weighted by Gasteiger charge is -2.46. The van der Waals surface area contributed by atoms with Crippen LogP contribution in [-0.2, 0) is 100 Å². The van der Waals surface area contributed by atoms with E-state index >= 15 is 0 Å². The molecule has 0 unspecified atom stereocenters. The molecule has 2 aliphatic heterocycles. The molecule has 0 aromatic heterocycles. The molecule has 0 spiro atoms. The van der Waals surface area contributed by atoms with Gasteiger partial charge < -0.3 is 68.6 Å². The van der Waals surface area contributed by atoms with E-state index in [4.69, 9.17) is 47.4 Å². The van der Waals surface area contributed by atoms with E-state index in [2.05, 4.69) is 21.3 Å². The molecule has 0 radical (unpaired) electrons. The van der Waals surface area contributed by atoms with Crippen LogP contribution < -0.4 is 21.3 Å². The average Bonchev–Trinajstić information content (AvgIpc) is 1.28. The van der Waals surface area contributed by atoms with Gasteiger partial charge in [0.25, 0.3) is 0 Å². The molecule has 470 valence electrons. The predicted octanol–water partition coefficient (Wildman–Crippen LogP) is 11.8. The number of nitrogens with one attached hydrogen (secondary N) is 4. The van der Waals surface area contributed by atoms with Gasteiger partial charge in [0.2, 0.25) is 0 Å². The summed E-state index contributed by atoms with van der Waals surface area (Å²) in [7, 11) is 0. The molecular formula is C74H82N4O12. The standard InChI is InChI=1S/C74H82N4O12/c79-73(77-71-69(87-51-61-39-21-7-22-40-61)67(85-49-59-35-17-5-18-36-59)65(83-47-57-31-13-3-14-32-57)63(89-71)53-81-45-55-27-9-1-10-28-55)75-43-25-26-44-76-74(80)78-72-70(88-52-62-41-23-8-24-42-62)68(86-50-60-37-19-6-20-38-60)66(84-48-58-33-15-4-16-34-58)64(90-72)54-82-46-56-29-11-2-12-30-56/h1-24,27-42,63-72H,25-26,43-54H2,(H2,75,77,79)(H2,76,78,80)/t63-,64-,65-,66-,67+,68+,69-,70-,71+,72+/m1/s1. The maximum absolute atomic E-state index is 14.1. The van der Waals surface area contributed by atoms with Crippen LogP contribution in [0.2, 0.25) is 0 Å². The molecule has 8 aromatic rings. The van der Waals surface area contributed by atoms with Crippen LogP contribution in [0.1, 0.15) is 57.3 Å². The molecule has 16 heteroatoms. The Morgan fingerprint density at radius 2 is 0.511 bits per heavy atom. The number of hydrogen-bond acceptors (Lipinski definition) is 12. The Kier molecular flexibility index (Phi) is 25.9. The second-order valence-electron chi connectivity index (χ2n) is 22.3. The molecule has 4 amide bonds. The number of urea groups is 2. The van der Waals surface area contributed by atoms with Crippen LogP contribution in [0.5, 0.6) is 0 Å². The van der Waals surface area contributed by atoms with E-state index in [9.17, 15) is 9.59 Å². The van der Waals surface area contributed by atoms with Crippen LogP contribution in [0.15, 0.2) is 243 Å². The van der Waals surface area contributed by atoms with Crippen LogP contribution in [0, 0.1) is 0 Å². The lowest BCUT2D eigenvalue weighted by molar-refractivity contribution is -0.276. The van der Waals surface area contributed by atoms with E-state index < -0.39 is 73.3 Å². The van der Waals surface area contributed by atoms with Crippen LogP contribution in [-0.4, -0.2) is 99.7 Å². The van der Waals surface area contributed by atoms with E-state index in [1.54, 1.807) is 0 Å². The minimum atomic E-state index is -0.992. The van der Waals surface area contributed by atoms with Crippen molar-refractivity contribution < 1.29 is 57.0 Å². The first kappa shape index (κ1) is 64.9. The highest BCUT2D eigenvalue weighted by molar-refractivity contribution is 5.74. The minimum Gasteiger partial charge on any atom is -0.374 e. The number of benzene rings is 8. The summed E-state index contributed by atoms with van der Waals surface area (Å²) < 4.78 is 67.3. The van der Waals surface area contributed by atoms with Gasteiger partial charge in [0.05, 0.1) is 66.1 Å². The van der Waals surface area contributed by atoms with Crippen molar-refractivity contribution in [3.8, 4) is 0 Å². The van der Waals surface area contributed by atoms with Crippen molar-refractivity contribution in [1.29, 1.82) is 0 Å². The van der Waals surface area contributed by atoms with Crippen LogP contribution in [0.25, 0.3) is 0 Å². The Balaban J connectivity index is 0.805. The summed E-state index contributed by atoms with van der Waals surface area (Å²) in [6.45, 7) is 2.99. The number of carbonyl (C=O) groups excluding carboxylic acids is 2. The fourth-order valence-electron chi connectivity index (χ4n) is 10.8. The van der Waals surface area contributed by atoms with E-state index in [1.165, 1.54) is 0 Å². The van der Waals surface area contributed by atoms with Crippen molar-refractivity contribution in [2.75, 3.05) is 26.3 Å². The Morgan fingerprint density at radius 1 is 0.289 bits per heavy atom. The Hall–Kier alpha value is -8.10. The Labute approximate surface area is 528 Å². The van der Waals surface area contributed by atoms with Crippen molar-refractivity contribution in [3.63, 3.8) is 0 Å². The number of ether oxygens (including phenoxy) is 10. The van der Waals surface area contributed by atoms with E-state index in [-0.39, 0.29) is 65.9 Å². The highest BCUT2D eigenvalue weighted by atomic mass is 16.6. The van der Waals surface area contributed by atoms with Crippen LogP contribution in [0.4, 0.5) is 9.59 Å². The SMILES string of the molecule is O=C(NCCCCNC(=O)N[C@H]1O[C@H](COCc2ccccc2)[C@@H](OCc2ccccc2)[C@H](OCc2ccccc2)[C@H]1OCc1ccccc1)N[C@H]1O[C@H](COCc2ccccc2)[C@@H](OCc2ccccc2)[C@H](OCc2ccccc2)[C@H]1OCc1ccccc1. The monoisotopic (exact) mass is 1220 g/mol. The van der Waals surface area contributed by atoms with Gasteiger partial charge >= 0.3 is 12.1 Å². The molecule has 0 saturated carbocycles. The molecule has 2 aliphatic rings. The number of carbonyl (C=O) groups is 2. The molecule has 2 saturated heterocycles. The quantitative estimate of drug-likeness (QED) is 0.0287. The van der Waals surface area contributed by atoms with E-state index in [0.29, 0.717) is 26.1 Å². The van der Waals surface area contributed by atoms with Crippen molar-refractivity contribution >= 4 is 12.1 Å². The maximum atomic E-state index is 14.1. The summed E-state index contributed by atoms with van der Waals surface area (Å²) in [5.74, 6) is 0. The number of rotatable bonds is 33. The third-order valence-electron chi connectivity index (χ3n) is 15.5. The summed E-state index contributed by atoms with van der Waals surface area (Å²) in [6.07, 6.45) is -6.80. The maximum Gasteiger partial charge on any atom is 0.316 e. The molecule has 8 aromatic carbocycles. The molecular weight excluding hydrogens is 1140 g/mol. The fourth-order valence-corrected chi connectivity index (χ4v) is 10.8. The van der Waals surface area contributed by atoms with Gasteiger partial charge in [0.15, 0.2) is 12.5 Å². The first-order valence-electron chi connectivity index (χ1n) is 31.0. The van der Waals surface area contributed by atoms with E-state index in [1.807, 2.05) is 243 Å². The van der Waals surface area contributed by atoms with Crippen molar-refractivity contribution in [2.24, 2.45) is 0 Å². The Morgan fingerprint density at radius 3 is 0.767 bits per heavy atom. The number of unbranched alkanes of at least 4 members (excludes halogenated alkanes) is 1. The summed E-state index contributed by atoms with van der Waals surface area (Å²) in [4.78, 5) is 28.2. The minimum absolute atomic E-state index is 0.135. The van der Waals surface area contributed by atoms with Gasteiger partial charge in [-0.25, -0.2) is 9.59 Å². The zero-order valence-corrected chi connectivity index (χ0v) is 50.7.